The molecule has 0 amide bonds. The molecule has 0 unspecified atom stereocenters. The van der Waals surface area contributed by atoms with E-state index in [1.165, 1.54) is 10.5 Å². The summed E-state index contributed by atoms with van der Waals surface area (Å²) in [5.41, 5.74) is 0.185. The lowest BCUT2D eigenvalue weighted by Crippen LogP contribution is -2.45. The minimum atomic E-state index is -0.748. The van der Waals surface area contributed by atoms with Crippen LogP contribution in [0, 0.1) is 11.3 Å². The highest BCUT2D eigenvalue weighted by Crippen LogP contribution is 2.20. The molecule has 0 aromatic carbocycles. The van der Waals surface area contributed by atoms with Crippen molar-refractivity contribution in [1.82, 2.24) is 14.3 Å². The maximum atomic E-state index is 13.1. The molecule has 1 aliphatic heterocycles. The molecule has 1 fully saturated rings. The van der Waals surface area contributed by atoms with E-state index in [1.807, 2.05) is 24.1 Å². The number of nitriles is 1. The molecule has 0 saturated carbocycles. The Bertz CT molecular complexity index is 981. The fourth-order valence-corrected chi connectivity index (χ4v) is 2.97. The van der Waals surface area contributed by atoms with Gasteiger partial charge < -0.3 is 14.5 Å². The van der Waals surface area contributed by atoms with Crippen molar-refractivity contribution >= 4 is 23.5 Å². The molecule has 8 nitrogen and oxygen atoms in total. The quantitative estimate of drug-likeness (QED) is 0.451. The van der Waals surface area contributed by atoms with E-state index in [0.29, 0.717) is 24.6 Å². The Labute approximate surface area is 156 Å². The first-order valence-electron chi connectivity index (χ1n) is 8.79. The molecule has 3 heterocycles. The van der Waals surface area contributed by atoms with Crippen molar-refractivity contribution in [2.45, 2.75) is 6.92 Å². The molecule has 1 aliphatic rings. The van der Waals surface area contributed by atoms with Crippen LogP contribution in [0.5, 0.6) is 0 Å². The van der Waals surface area contributed by atoms with Gasteiger partial charge >= 0.3 is 5.97 Å². The summed E-state index contributed by atoms with van der Waals surface area (Å²) < 4.78 is 6.32. The van der Waals surface area contributed by atoms with E-state index in [4.69, 9.17) is 4.74 Å². The lowest BCUT2D eigenvalue weighted by molar-refractivity contribution is -0.137. The molecule has 0 bridgehead atoms. The van der Waals surface area contributed by atoms with Gasteiger partial charge in [-0.3, -0.25) is 9.20 Å². The lowest BCUT2D eigenvalue weighted by Gasteiger charge is -2.34. The number of fused-ring (bicyclic) bond motifs is 1. The molecule has 27 heavy (non-hydrogen) atoms. The number of aromatic nitrogens is 2. The first kappa shape index (κ1) is 18.6. The van der Waals surface area contributed by atoms with Crippen LogP contribution in [0.4, 0.5) is 5.82 Å². The highest BCUT2D eigenvalue weighted by atomic mass is 16.5. The van der Waals surface area contributed by atoms with Crippen molar-refractivity contribution in [3.63, 3.8) is 0 Å². The molecule has 8 heteroatoms. The third kappa shape index (κ3) is 3.83. The number of carbonyl (C=O) groups is 1. The van der Waals surface area contributed by atoms with Gasteiger partial charge in [0.2, 0.25) is 0 Å². The standard InChI is InChI=1S/C19H21N5O3/c1-3-27-19(26)14(13-20)12-15-17(23-10-8-22(2)9-11-23)21-16-6-4-5-7-24(16)18(15)25/h4-7,12H,3,8-11H2,1-2H3/b14-12+. The molecule has 0 aliphatic carbocycles. The zero-order valence-electron chi connectivity index (χ0n) is 15.4. The van der Waals surface area contributed by atoms with Crippen molar-refractivity contribution in [1.29, 1.82) is 5.26 Å². The van der Waals surface area contributed by atoms with Gasteiger partial charge in [-0.25, -0.2) is 9.78 Å². The maximum Gasteiger partial charge on any atom is 0.348 e. The number of piperazine rings is 1. The van der Waals surface area contributed by atoms with Gasteiger partial charge in [0.05, 0.1) is 12.2 Å². The third-order valence-corrected chi connectivity index (χ3v) is 4.46. The highest BCUT2D eigenvalue weighted by molar-refractivity contribution is 5.98. The largest absolute Gasteiger partial charge is 0.462 e. The van der Waals surface area contributed by atoms with Crippen molar-refractivity contribution in [3.8, 4) is 6.07 Å². The minimum Gasteiger partial charge on any atom is -0.462 e. The van der Waals surface area contributed by atoms with Gasteiger partial charge in [-0.15, -0.1) is 0 Å². The number of ether oxygens (including phenoxy) is 1. The topological polar surface area (TPSA) is 90.9 Å². The Balaban J connectivity index is 2.18. The normalized spacial score (nSPS) is 15.6. The second kappa shape index (κ2) is 8.01. The first-order chi connectivity index (χ1) is 13.0. The summed E-state index contributed by atoms with van der Waals surface area (Å²) in [7, 11) is 2.04. The molecular formula is C19H21N5O3. The molecule has 0 radical (unpaired) electrons. The van der Waals surface area contributed by atoms with Gasteiger partial charge in [0.15, 0.2) is 0 Å². The Morgan fingerprint density at radius 2 is 2.07 bits per heavy atom. The molecule has 3 rings (SSSR count). The van der Waals surface area contributed by atoms with Crippen LogP contribution in [0.3, 0.4) is 0 Å². The van der Waals surface area contributed by atoms with Crippen LogP contribution in [0.15, 0.2) is 34.8 Å². The Morgan fingerprint density at radius 3 is 2.74 bits per heavy atom. The predicted octanol–water partition coefficient (Wildman–Crippen LogP) is 0.916. The molecule has 1 saturated heterocycles. The van der Waals surface area contributed by atoms with Gasteiger partial charge in [-0.2, -0.15) is 5.26 Å². The van der Waals surface area contributed by atoms with E-state index in [1.54, 1.807) is 25.3 Å². The summed E-state index contributed by atoms with van der Waals surface area (Å²) in [5, 5.41) is 9.36. The number of pyridine rings is 1. The SMILES string of the molecule is CCOC(=O)/C(C#N)=C/c1c(N2CCN(C)CC2)nc2ccccn2c1=O. The van der Waals surface area contributed by atoms with E-state index in [9.17, 15) is 14.9 Å². The van der Waals surface area contributed by atoms with Gasteiger partial charge in [-0.1, -0.05) is 6.07 Å². The monoisotopic (exact) mass is 367 g/mol. The van der Waals surface area contributed by atoms with Crippen LogP contribution in [-0.2, 0) is 9.53 Å². The summed E-state index contributed by atoms with van der Waals surface area (Å²) in [4.78, 5) is 33.9. The second-order valence-corrected chi connectivity index (χ2v) is 6.26. The number of esters is 1. The fourth-order valence-electron chi connectivity index (χ4n) is 2.97. The summed E-state index contributed by atoms with van der Waals surface area (Å²) >= 11 is 0. The predicted molar refractivity (Wildman–Crippen MR) is 101 cm³/mol. The number of nitrogens with zero attached hydrogens (tertiary/aromatic N) is 5. The Morgan fingerprint density at radius 1 is 1.33 bits per heavy atom. The lowest BCUT2D eigenvalue weighted by atomic mass is 10.1. The smallest absolute Gasteiger partial charge is 0.348 e. The number of likely N-dealkylation sites (N-methyl/N-ethyl adjacent to an activating group) is 1. The van der Waals surface area contributed by atoms with Crippen molar-refractivity contribution in [3.05, 3.63) is 45.9 Å². The van der Waals surface area contributed by atoms with E-state index in [2.05, 4.69) is 9.88 Å². The summed E-state index contributed by atoms with van der Waals surface area (Å²) in [5.74, 6) is -0.266. The summed E-state index contributed by atoms with van der Waals surface area (Å²) in [6.07, 6.45) is 2.91. The van der Waals surface area contributed by atoms with Crippen LogP contribution in [0.25, 0.3) is 11.7 Å². The molecule has 0 atom stereocenters. The Kier molecular flexibility index (Phi) is 5.52. The van der Waals surface area contributed by atoms with Gasteiger partial charge in [0.25, 0.3) is 5.56 Å². The van der Waals surface area contributed by atoms with Crippen molar-refractivity contribution in [2.75, 3.05) is 44.7 Å². The van der Waals surface area contributed by atoms with Gasteiger partial charge in [0.1, 0.15) is 23.1 Å². The van der Waals surface area contributed by atoms with Crippen LogP contribution in [0.2, 0.25) is 0 Å². The van der Waals surface area contributed by atoms with Gasteiger partial charge in [-0.05, 0) is 32.2 Å². The molecule has 140 valence electrons. The fraction of sp³-hybridized carbons (Fsp3) is 0.368. The molecule has 2 aromatic heterocycles. The van der Waals surface area contributed by atoms with E-state index in [0.717, 1.165) is 13.1 Å². The zero-order chi connectivity index (χ0) is 19.4. The van der Waals surface area contributed by atoms with Crippen molar-refractivity contribution in [2.24, 2.45) is 0 Å². The molecular weight excluding hydrogens is 346 g/mol. The van der Waals surface area contributed by atoms with Crippen LogP contribution in [0.1, 0.15) is 12.5 Å². The molecule has 0 spiro atoms. The van der Waals surface area contributed by atoms with E-state index in [-0.39, 0.29) is 23.3 Å². The third-order valence-electron chi connectivity index (χ3n) is 4.46. The first-order valence-corrected chi connectivity index (χ1v) is 8.79. The number of hydrogen-bond donors (Lipinski definition) is 0. The second-order valence-electron chi connectivity index (χ2n) is 6.26. The van der Waals surface area contributed by atoms with Crippen LogP contribution >= 0.6 is 0 Å². The molecule has 0 N–H and O–H groups in total. The average molecular weight is 367 g/mol. The number of hydrogen-bond acceptors (Lipinski definition) is 7. The molecule has 2 aromatic rings. The number of carbonyl (C=O) groups excluding carboxylic acids is 1. The average Bonchev–Trinajstić information content (AvgIpc) is 2.68. The highest BCUT2D eigenvalue weighted by Gasteiger charge is 2.22. The number of anilines is 1. The Hall–Kier alpha value is -3.18. The zero-order valence-corrected chi connectivity index (χ0v) is 15.4. The minimum absolute atomic E-state index is 0.151. The van der Waals surface area contributed by atoms with E-state index >= 15 is 0 Å². The summed E-state index contributed by atoms with van der Waals surface area (Å²) in [6, 6.07) is 7.13. The summed E-state index contributed by atoms with van der Waals surface area (Å²) in [6.45, 7) is 4.89. The van der Waals surface area contributed by atoms with E-state index < -0.39 is 5.97 Å². The van der Waals surface area contributed by atoms with Gasteiger partial charge in [0, 0.05) is 32.4 Å². The van der Waals surface area contributed by atoms with Crippen molar-refractivity contribution < 1.29 is 9.53 Å². The maximum absolute atomic E-state index is 13.1. The van der Waals surface area contributed by atoms with Crippen LogP contribution < -0.4 is 10.5 Å². The number of rotatable bonds is 4. The van der Waals surface area contributed by atoms with Crippen LogP contribution in [-0.4, -0.2) is 60.1 Å².